The smallest absolute Gasteiger partial charge is 0.142 e. The summed E-state index contributed by atoms with van der Waals surface area (Å²) in [5.74, 6) is 0.810. The van der Waals surface area contributed by atoms with E-state index in [9.17, 15) is 0 Å². The molecule has 19 heavy (non-hydrogen) atoms. The summed E-state index contributed by atoms with van der Waals surface area (Å²) in [6.07, 6.45) is 3.10. The van der Waals surface area contributed by atoms with Gasteiger partial charge in [0, 0.05) is 25.8 Å². The minimum atomic E-state index is 0.674. The Labute approximate surface area is 121 Å². The summed E-state index contributed by atoms with van der Waals surface area (Å²) >= 11 is 6.20. The number of hydrogen-bond acceptors (Lipinski definition) is 3. The molecule has 108 valence electrons. The number of methoxy groups -OCH3 is 1. The zero-order valence-corrected chi connectivity index (χ0v) is 12.6. The van der Waals surface area contributed by atoms with Gasteiger partial charge in [0.25, 0.3) is 0 Å². The van der Waals surface area contributed by atoms with Crippen LogP contribution in [0.15, 0.2) is 18.2 Å². The number of rotatable bonds is 10. The van der Waals surface area contributed by atoms with E-state index in [0.29, 0.717) is 11.6 Å². The molecular weight excluding hydrogens is 262 g/mol. The van der Waals surface area contributed by atoms with Crippen LogP contribution in [-0.4, -0.2) is 26.9 Å². The number of para-hydroxylation sites is 1. The molecule has 1 aromatic rings. The second-order valence-corrected chi connectivity index (χ2v) is 4.86. The number of ether oxygens (including phenoxy) is 2. The Morgan fingerprint density at radius 2 is 2.00 bits per heavy atom. The topological polar surface area (TPSA) is 30.5 Å². The van der Waals surface area contributed by atoms with Crippen LogP contribution >= 0.6 is 11.6 Å². The highest BCUT2D eigenvalue weighted by Gasteiger charge is 2.07. The van der Waals surface area contributed by atoms with Crippen molar-refractivity contribution in [2.24, 2.45) is 0 Å². The van der Waals surface area contributed by atoms with Crippen molar-refractivity contribution >= 4 is 11.6 Å². The molecule has 0 aliphatic carbocycles. The van der Waals surface area contributed by atoms with E-state index in [-0.39, 0.29) is 0 Å². The summed E-state index contributed by atoms with van der Waals surface area (Å²) in [7, 11) is 1.71. The van der Waals surface area contributed by atoms with Gasteiger partial charge in [-0.2, -0.15) is 0 Å². The van der Waals surface area contributed by atoms with Crippen molar-refractivity contribution in [2.75, 3.05) is 26.9 Å². The molecule has 0 heterocycles. The van der Waals surface area contributed by atoms with Gasteiger partial charge in [0.15, 0.2) is 0 Å². The third kappa shape index (κ3) is 6.28. The number of nitrogens with one attached hydrogen (secondary N) is 1. The molecule has 0 bridgehead atoms. The predicted octanol–water partition coefficient (Wildman–Crippen LogP) is 3.65. The van der Waals surface area contributed by atoms with Gasteiger partial charge in [0.1, 0.15) is 5.75 Å². The summed E-state index contributed by atoms with van der Waals surface area (Å²) in [5, 5.41) is 4.05. The standard InChI is InChI=1S/C15H24ClNO2/c1-3-9-17-12-13-7-6-8-14(16)15(13)19-11-5-4-10-18-2/h6-8,17H,3-5,9-12H2,1-2H3. The van der Waals surface area contributed by atoms with Crippen LogP contribution < -0.4 is 10.1 Å². The second kappa shape index (κ2) is 10.1. The summed E-state index contributed by atoms with van der Waals surface area (Å²) in [4.78, 5) is 0. The Bertz CT molecular complexity index is 358. The highest BCUT2D eigenvalue weighted by atomic mass is 35.5. The quantitative estimate of drug-likeness (QED) is 0.666. The lowest BCUT2D eigenvalue weighted by atomic mass is 10.2. The summed E-state index contributed by atoms with van der Waals surface area (Å²) < 4.78 is 10.8. The summed E-state index contributed by atoms with van der Waals surface area (Å²) in [5.41, 5.74) is 1.12. The molecule has 0 spiro atoms. The van der Waals surface area contributed by atoms with Crippen molar-refractivity contribution in [1.29, 1.82) is 0 Å². The van der Waals surface area contributed by atoms with Crippen LogP contribution in [-0.2, 0) is 11.3 Å². The largest absolute Gasteiger partial charge is 0.492 e. The van der Waals surface area contributed by atoms with Crippen LogP contribution in [0.4, 0.5) is 0 Å². The van der Waals surface area contributed by atoms with Crippen molar-refractivity contribution in [3.8, 4) is 5.75 Å². The molecule has 0 fully saturated rings. The molecular formula is C15H24ClNO2. The van der Waals surface area contributed by atoms with E-state index in [1.165, 1.54) is 0 Å². The first kappa shape index (κ1) is 16.3. The Hall–Kier alpha value is -0.770. The number of hydrogen-bond donors (Lipinski definition) is 1. The lowest BCUT2D eigenvalue weighted by Gasteiger charge is -2.13. The van der Waals surface area contributed by atoms with Gasteiger partial charge < -0.3 is 14.8 Å². The molecule has 0 unspecified atom stereocenters. The third-order valence-electron chi connectivity index (χ3n) is 2.78. The van der Waals surface area contributed by atoms with Crippen molar-refractivity contribution in [1.82, 2.24) is 5.32 Å². The molecule has 1 rings (SSSR count). The first-order valence-corrected chi connectivity index (χ1v) is 7.27. The molecule has 0 amide bonds. The molecule has 0 atom stereocenters. The van der Waals surface area contributed by atoms with Crippen LogP contribution in [0, 0.1) is 0 Å². The van der Waals surface area contributed by atoms with Crippen molar-refractivity contribution in [3.63, 3.8) is 0 Å². The van der Waals surface area contributed by atoms with Gasteiger partial charge in [-0.1, -0.05) is 30.7 Å². The average Bonchev–Trinajstić information content (AvgIpc) is 2.41. The number of benzene rings is 1. The predicted molar refractivity (Wildman–Crippen MR) is 80.1 cm³/mol. The first-order chi connectivity index (χ1) is 9.29. The van der Waals surface area contributed by atoms with E-state index >= 15 is 0 Å². The molecule has 0 radical (unpaired) electrons. The van der Waals surface area contributed by atoms with Crippen LogP contribution in [0.25, 0.3) is 0 Å². The minimum Gasteiger partial charge on any atom is -0.492 e. The lowest BCUT2D eigenvalue weighted by Crippen LogP contribution is -2.15. The van der Waals surface area contributed by atoms with Gasteiger partial charge in [-0.25, -0.2) is 0 Å². The summed E-state index contributed by atoms with van der Waals surface area (Å²) in [6.45, 7) is 5.39. The van der Waals surface area contributed by atoms with Crippen molar-refractivity contribution in [2.45, 2.75) is 32.7 Å². The highest BCUT2D eigenvalue weighted by molar-refractivity contribution is 6.32. The molecule has 0 aliphatic heterocycles. The van der Waals surface area contributed by atoms with E-state index in [1.54, 1.807) is 7.11 Å². The maximum absolute atomic E-state index is 6.20. The third-order valence-corrected chi connectivity index (χ3v) is 3.08. The number of halogens is 1. The second-order valence-electron chi connectivity index (χ2n) is 4.45. The zero-order chi connectivity index (χ0) is 13.9. The maximum atomic E-state index is 6.20. The van der Waals surface area contributed by atoms with Gasteiger partial charge in [0.05, 0.1) is 11.6 Å². The molecule has 0 saturated heterocycles. The molecule has 1 N–H and O–H groups in total. The normalized spacial score (nSPS) is 10.7. The van der Waals surface area contributed by atoms with Gasteiger partial charge >= 0.3 is 0 Å². The molecule has 3 nitrogen and oxygen atoms in total. The number of unbranched alkanes of at least 4 members (excludes halogenated alkanes) is 1. The molecule has 0 aliphatic rings. The Kier molecular flexibility index (Phi) is 8.63. The minimum absolute atomic E-state index is 0.674. The molecule has 0 aromatic heterocycles. The van der Waals surface area contributed by atoms with Crippen LogP contribution in [0.2, 0.25) is 5.02 Å². The van der Waals surface area contributed by atoms with E-state index in [1.807, 2.05) is 12.1 Å². The first-order valence-electron chi connectivity index (χ1n) is 6.89. The molecule has 0 saturated carbocycles. The van der Waals surface area contributed by atoms with Crippen molar-refractivity contribution in [3.05, 3.63) is 28.8 Å². The fourth-order valence-electron chi connectivity index (χ4n) is 1.78. The van der Waals surface area contributed by atoms with E-state index in [2.05, 4.69) is 18.3 Å². The van der Waals surface area contributed by atoms with E-state index < -0.39 is 0 Å². The van der Waals surface area contributed by atoms with Gasteiger partial charge in [0.2, 0.25) is 0 Å². The van der Waals surface area contributed by atoms with Gasteiger partial charge in [-0.15, -0.1) is 0 Å². The van der Waals surface area contributed by atoms with Crippen LogP contribution in [0.5, 0.6) is 5.75 Å². The van der Waals surface area contributed by atoms with E-state index in [0.717, 1.165) is 50.3 Å². The Morgan fingerprint density at radius 1 is 1.21 bits per heavy atom. The van der Waals surface area contributed by atoms with Crippen LogP contribution in [0.3, 0.4) is 0 Å². The Balaban J connectivity index is 2.49. The SMILES string of the molecule is CCCNCc1cccc(Cl)c1OCCCCOC. The van der Waals surface area contributed by atoms with Gasteiger partial charge in [-0.3, -0.25) is 0 Å². The fraction of sp³-hybridized carbons (Fsp3) is 0.600. The lowest BCUT2D eigenvalue weighted by molar-refractivity contribution is 0.184. The highest BCUT2D eigenvalue weighted by Crippen LogP contribution is 2.28. The molecule has 4 heteroatoms. The van der Waals surface area contributed by atoms with Crippen LogP contribution in [0.1, 0.15) is 31.7 Å². The zero-order valence-electron chi connectivity index (χ0n) is 11.9. The monoisotopic (exact) mass is 285 g/mol. The molecule has 1 aromatic carbocycles. The van der Waals surface area contributed by atoms with Crippen molar-refractivity contribution < 1.29 is 9.47 Å². The average molecular weight is 286 g/mol. The fourth-order valence-corrected chi connectivity index (χ4v) is 2.03. The Morgan fingerprint density at radius 3 is 2.74 bits per heavy atom. The van der Waals surface area contributed by atoms with E-state index in [4.69, 9.17) is 21.1 Å². The van der Waals surface area contributed by atoms with Gasteiger partial charge in [-0.05, 0) is 31.9 Å². The maximum Gasteiger partial charge on any atom is 0.142 e. The summed E-state index contributed by atoms with van der Waals surface area (Å²) in [6, 6.07) is 5.89.